The number of para-hydroxylation sites is 2. The normalized spacial score (nSPS) is 10.8. The molecule has 0 aliphatic heterocycles. The van der Waals surface area contributed by atoms with Gasteiger partial charge in [0.05, 0.1) is 25.6 Å². The molecule has 0 bridgehead atoms. The molecule has 3 aromatic rings. The zero-order chi connectivity index (χ0) is 20.6. The van der Waals surface area contributed by atoms with E-state index in [1.165, 1.54) is 24.3 Å². The molecule has 2 aromatic heterocycles. The van der Waals surface area contributed by atoms with Gasteiger partial charge >= 0.3 is 0 Å². The van der Waals surface area contributed by atoms with E-state index in [4.69, 9.17) is 13.6 Å². The molecule has 0 aliphatic rings. The molecule has 29 heavy (non-hydrogen) atoms. The highest BCUT2D eigenvalue weighted by Crippen LogP contribution is 2.23. The van der Waals surface area contributed by atoms with Crippen molar-refractivity contribution >= 4 is 23.6 Å². The van der Waals surface area contributed by atoms with Crippen LogP contribution in [0.4, 0.5) is 5.69 Å². The smallest absolute Gasteiger partial charge is 0.247 e. The highest BCUT2D eigenvalue weighted by Gasteiger charge is 2.18. The minimum absolute atomic E-state index is 0.154. The van der Waals surface area contributed by atoms with E-state index in [0.717, 1.165) is 5.76 Å². The van der Waals surface area contributed by atoms with Crippen molar-refractivity contribution in [3.63, 3.8) is 0 Å². The van der Waals surface area contributed by atoms with Crippen molar-refractivity contribution in [2.75, 3.05) is 19.0 Å². The van der Waals surface area contributed by atoms with Gasteiger partial charge in [0, 0.05) is 6.08 Å². The van der Waals surface area contributed by atoms with Crippen LogP contribution in [0.25, 0.3) is 6.08 Å². The molecular weight excluding hydrogens is 372 g/mol. The molecule has 150 valence electrons. The van der Waals surface area contributed by atoms with Crippen molar-refractivity contribution in [1.29, 1.82) is 0 Å². The largest absolute Gasteiger partial charge is 0.495 e. The topological polar surface area (TPSA) is 84.9 Å². The maximum atomic E-state index is 12.7. The zero-order valence-electron chi connectivity index (χ0n) is 16.3. The van der Waals surface area contributed by atoms with Crippen LogP contribution in [0.3, 0.4) is 0 Å². The lowest BCUT2D eigenvalue weighted by atomic mass is 10.3. The van der Waals surface area contributed by atoms with Crippen LogP contribution in [-0.4, -0.2) is 30.4 Å². The minimum atomic E-state index is -0.350. The number of hydrogen-bond acceptors (Lipinski definition) is 5. The van der Waals surface area contributed by atoms with Gasteiger partial charge in [0.2, 0.25) is 11.8 Å². The summed E-state index contributed by atoms with van der Waals surface area (Å²) in [4.78, 5) is 26.7. The van der Waals surface area contributed by atoms with Crippen molar-refractivity contribution in [2.24, 2.45) is 0 Å². The summed E-state index contributed by atoms with van der Waals surface area (Å²) in [5, 5.41) is 2.77. The highest BCUT2D eigenvalue weighted by molar-refractivity contribution is 5.98. The minimum Gasteiger partial charge on any atom is -0.495 e. The summed E-state index contributed by atoms with van der Waals surface area (Å²) in [6.07, 6.45) is 4.47. The number of hydrogen-bond donors (Lipinski definition) is 1. The Kier molecular flexibility index (Phi) is 6.52. The molecule has 0 saturated carbocycles. The zero-order valence-corrected chi connectivity index (χ0v) is 16.3. The molecule has 0 saturated heterocycles. The van der Waals surface area contributed by atoms with E-state index < -0.39 is 0 Å². The van der Waals surface area contributed by atoms with Crippen molar-refractivity contribution in [1.82, 2.24) is 4.90 Å². The Morgan fingerprint density at radius 3 is 2.66 bits per heavy atom. The van der Waals surface area contributed by atoms with Crippen LogP contribution in [-0.2, 0) is 16.1 Å². The number of carbonyl (C=O) groups excluding carboxylic acids is 2. The lowest BCUT2D eigenvalue weighted by Crippen LogP contribution is -2.36. The van der Waals surface area contributed by atoms with E-state index in [9.17, 15) is 9.59 Å². The Balaban J connectivity index is 1.71. The van der Waals surface area contributed by atoms with Crippen LogP contribution >= 0.6 is 0 Å². The van der Waals surface area contributed by atoms with Gasteiger partial charge in [0.1, 0.15) is 29.6 Å². The number of methoxy groups -OCH3 is 1. The molecule has 7 nitrogen and oxygen atoms in total. The molecule has 0 unspecified atom stereocenters. The van der Waals surface area contributed by atoms with Crippen LogP contribution in [0.15, 0.2) is 69.7 Å². The van der Waals surface area contributed by atoms with Gasteiger partial charge in [-0.25, -0.2) is 0 Å². The van der Waals surface area contributed by atoms with Gasteiger partial charge in [-0.05, 0) is 49.4 Å². The second-order valence-corrected chi connectivity index (χ2v) is 6.30. The fourth-order valence-electron chi connectivity index (χ4n) is 2.72. The predicted molar refractivity (Wildman–Crippen MR) is 108 cm³/mol. The van der Waals surface area contributed by atoms with Crippen LogP contribution in [0.1, 0.15) is 17.3 Å². The molecule has 1 N–H and O–H groups in total. The number of anilines is 1. The Morgan fingerprint density at radius 1 is 1.14 bits per heavy atom. The van der Waals surface area contributed by atoms with E-state index in [-0.39, 0.29) is 24.9 Å². The molecule has 0 fully saturated rings. The van der Waals surface area contributed by atoms with Crippen LogP contribution in [0.2, 0.25) is 0 Å². The van der Waals surface area contributed by atoms with Gasteiger partial charge < -0.3 is 23.8 Å². The lowest BCUT2D eigenvalue weighted by molar-refractivity contribution is -0.131. The van der Waals surface area contributed by atoms with E-state index in [1.807, 2.05) is 19.1 Å². The van der Waals surface area contributed by atoms with E-state index in [2.05, 4.69) is 5.32 Å². The van der Waals surface area contributed by atoms with Gasteiger partial charge in [-0.3, -0.25) is 9.59 Å². The number of aryl methyl sites for hydroxylation is 1. The molecule has 1 aromatic carbocycles. The number of benzene rings is 1. The summed E-state index contributed by atoms with van der Waals surface area (Å²) < 4.78 is 16.0. The summed E-state index contributed by atoms with van der Waals surface area (Å²) in [6.45, 7) is 1.83. The fraction of sp³-hybridized carbons (Fsp3) is 0.182. The maximum absolute atomic E-state index is 12.7. The third-order valence-electron chi connectivity index (χ3n) is 4.11. The monoisotopic (exact) mass is 394 g/mol. The van der Waals surface area contributed by atoms with E-state index in [0.29, 0.717) is 23.0 Å². The third-order valence-corrected chi connectivity index (χ3v) is 4.11. The number of ether oxygens (including phenoxy) is 1. The molecule has 2 amide bonds. The van der Waals surface area contributed by atoms with Crippen molar-refractivity contribution in [3.8, 4) is 5.75 Å². The standard InChI is InChI=1S/C22H22N2O5/c1-16-9-10-17(29-16)11-12-22(26)24(14-18-6-5-13-28-18)15-21(25)23-19-7-3-4-8-20(19)27-2/h3-13H,14-15H2,1-2H3,(H,23,25). The molecular formula is C22H22N2O5. The second kappa shape index (κ2) is 9.45. The van der Waals surface area contributed by atoms with Gasteiger partial charge in [0.25, 0.3) is 0 Å². The number of amides is 2. The average Bonchev–Trinajstić information content (AvgIpc) is 3.37. The number of furan rings is 2. The Hall–Kier alpha value is -3.74. The van der Waals surface area contributed by atoms with E-state index >= 15 is 0 Å². The number of carbonyl (C=O) groups is 2. The molecule has 0 spiro atoms. The SMILES string of the molecule is COc1ccccc1NC(=O)CN(Cc1ccco1)C(=O)C=Cc1ccc(C)o1. The number of nitrogens with one attached hydrogen (secondary N) is 1. The Morgan fingerprint density at radius 2 is 1.97 bits per heavy atom. The molecule has 3 rings (SSSR count). The van der Waals surface area contributed by atoms with Crippen molar-refractivity contribution in [3.05, 3.63) is 78.2 Å². The predicted octanol–water partition coefficient (Wildman–Crippen LogP) is 3.87. The summed E-state index contributed by atoms with van der Waals surface area (Å²) in [6, 6.07) is 14.1. The molecule has 0 aliphatic carbocycles. The molecule has 0 radical (unpaired) electrons. The Bertz CT molecular complexity index is 988. The second-order valence-electron chi connectivity index (χ2n) is 6.30. The van der Waals surface area contributed by atoms with Gasteiger partial charge in [-0.2, -0.15) is 0 Å². The number of nitrogens with zero attached hydrogens (tertiary/aromatic N) is 1. The molecule has 0 atom stereocenters. The third kappa shape index (κ3) is 5.62. The highest BCUT2D eigenvalue weighted by atomic mass is 16.5. The first kappa shape index (κ1) is 20.0. The first-order valence-electron chi connectivity index (χ1n) is 9.04. The average molecular weight is 394 g/mol. The maximum Gasteiger partial charge on any atom is 0.247 e. The quantitative estimate of drug-likeness (QED) is 0.586. The molecule has 7 heteroatoms. The lowest BCUT2D eigenvalue weighted by Gasteiger charge is -2.20. The molecule has 2 heterocycles. The fourth-order valence-corrected chi connectivity index (χ4v) is 2.72. The van der Waals surface area contributed by atoms with Crippen LogP contribution in [0, 0.1) is 6.92 Å². The van der Waals surface area contributed by atoms with Gasteiger partial charge in [-0.1, -0.05) is 12.1 Å². The van der Waals surface area contributed by atoms with Crippen molar-refractivity contribution < 1.29 is 23.2 Å². The first-order valence-corrected chi connectivity index (χ1v) is 9.04. The summed E-state index contributed by atoms with van der Waals surface area (Å²) in [5.41, 5.74) is 0.534. The van der Waals surface area contributed by atoms with Gasteiger partial charge in [-0.15, -0.1) is 0 Å². The van der Waals surface area contributed by atoms with Gasteiger partial charge in [0.15, 0.2) is 0 Å². The summed E-state index contributed by atoms with van der Waals surface area (Å²) >= 11 is 0. The van der Waals surface area contributed by atoms with Crippen LogP contribution < -0.4 is 10.1 Å². The van der Waals surface area contributed by atoms with E-state index in [1.54, 1.807) is 42.5 Å². The summed E-state index contributed by atoms with van der Waals surface area (Å²) in [5.74, 6) is 1.74. The Labute approximate surface area is 168 Å². The summed E-state index contributed by atoms with van der Waals surface area (Å²) in [7, 11) is 1.53. The van der Waals surface area contributed by atoms with Crippen molar-refractivity contribution in [2.45, 2.75) is 13.5 Å². The first-order chi connectivity index (χ1) is 14.0. The van der Waals surface area contributed by atoms with Crippen LogP contribution in [0.5, 0.6) is 5.75 Å². The number of rotatable bonds is 8.